The summed E-state index contributed by atoms with van der Waals surface area (Å²) < 4.78 is 5.49. The van der Waals surface area contributed by atoms with Crippen LogP contribution in [0, 0.1) is 12.8 Å². The first-order chi connectivity index (χ1) is 16.0. The Labute approximate surface area is 194 Å². The van der Waals surface area contributed by atoms with Gasteiger partial charge in [0.05, 0.1) is 13.2 Å². The Morgan fingerprint density at radius 3 is 2.64 bits per heavy atom. The highest BCUT2D eigenvalue weighted by Gasteiger charge is 2.55. The van der Waals surface area contributed by atoms with Gasteiger partial charge in [0.2, 0.25) is 11.7 Å². The molecule has 9 nitrogen and oxygen atoms in total. The van der Waals surface area contributed by atoms with Crippen LogP contribution in [0.3, 0.4) is 0 Å². The molecular formula is C24H32N6O3. The molecule has 2 saturated heterocycles. The summed E-state index contributed by atoms with van der Waals surface area (Å²) in [6, 6.07) is 7.75. The number of benzene rings is 1. The van der Waals surface area contributed by atoms with Crippen LogP contribution in [-0.4, -0.2) is 75.2 Å². The second-order valence-corrected chi connectivity index (χ2v) is 9.64. The van der Waals surface area contributed by atoms with Gasteiger partial charge in [0.1, 0.15) is 5.54 Å². The van der Waals surface area contributed by atoms with Crippen molar-refractivity contribution in [1.29, 1.82) is 0 Å². The summed E-state index contributed by atoms with van der Waals surface area (Å²) >= 11 is 0. The van der Waals surface area contributed by atoms with Gasteiger partial charge in [-0.25, -0.2) is 9.69 Å². The van der Waals surface area contributed by atoms with Crippen LogP contribution in [0.25, 0.3) is 11.4 Å². The molecule has 1 saturated carbocycles. The summed E-state index contributed by atoms with van der Waals surface area (Å²) in [4.78, 5) is 36.3. The first-order valence-electron chi connectivity index (χ1n) is 11.9. The molecule has 0 radical (unpaired) electrons. The van der Waals surface area contributed by atoms with E-state index >= 15 is 0 Å². The minimum atomic E-state index is -0.691. The SMILES string of the molecule is Cc1ccccc1-c1noc(CN2CCN(CN3C(=O)N[C@@]4(CCCC[C@H]4C)C3=O)CC2)n1. The van der Waals surface area contributed by atoms with Crippen molar-refractivity contribution < 1.29 is 14.1 Å². The third-order valence-corrected chi connectivity index (χ3v) is 7.52. The quantitative estimate of drug-likeness (QED) is 0.697. The maximum atomic E-state index is 13.2. The van der Waals surface area contributed by atoms with Crippen LogP contribution in [0.4, 0.5) is 4.79 Å². The largest absolute Gasteiger partial charge is 0.338 e. The predicted octanol–water partition coefficient (Wildman–Crippen LogP) is 2.62. The van der Waals surface area contributed by atoms with Crippen molar-refractivity contribution in [2.75, 3.05) is 32.8 Å². The summed E-state index contributed by atoms with van der Waals surface area (Å²) in [6.45, 7) is 8.24. The van der Waals surface area contributed by atoms with Crippen LogP contribution in [0.5, 0.6) is 0 Å². The number of urea groups is 1. The van der Waals surface area contributed by atoms with Crippen LogP contribution in [0.2, 0.25) is 0 Å². The maximum absolute atomic E-state index is 13.2. The van der Waals surface area contributed by atoms with Crippen molar-refractivity contribution in [3.05, 3.63) is 35.7 Å². The second kappa shape index (κ2) is 8.87. The van der Waals surface area contributed by atoms with Gasteiger partial charge in [-0.3, -0.25) is 14.6 Å². The Balaban J connectivity index is 1.15. The lowest BCUT2D eigenvalue weighted by atomic mass is 9.73. The standard InChI is InChI=1S/C24H32N6O3/c1-17-7-3-4-9-19(17)21-25-20(33-27-21)15-28-11-13-29(14-12-28)16-30-22(31)24(26-23(30)32)10-6-5-8-18(24)2/h3-4,7,9,18H,5-6,8,10-16H2,1-2H3,(H,26,32)/t18-,24-/m1/s1. The van der Waals surface area contributed by atoms with Crippen LogP contribution in [0.1, 0.15) is 44.1 Å². The minimum Gasteiger partial charge on any atom is -0.338 e. The van der Waals surface area contributed by atoms with E-state index in [1.54, 1.807) is 0 Å². The molecule has 1 spiro atoms. The third kappa shape index (κ3) is 4.15. The van der Waals surface area contributed by atoms with E-state index in [1.165, 1.54) is 4.90 Å². The lowest BCUT2D eigenvalue weighted by Gasteiger charge is -2.38. The van der Waals surface area contributed by atoms with Gasteiger partial charge in [-0.05, 0) is 31.2 Å². The minimum absolute atomic E-state index is 0.0447. The maximum Gasteiger partial charge on any atom is 0.326 e. The molecule has 1 aromatic carbocycles. The van der Waals surface area contributed by atoms with Gasteiger partial charge in [-0.15, -0.1) is 0 Å². The van der Waals surface area contributed by atoms with Gasteiger partial charge < -0.3 is 9.84 Å². The van der Waals surface area contributed by atoms with Crippen molar-refractivity contribution in [2.24, 2.45) is 5.92 Å². The Morgan fingerprint density at radius 2 is 1.88 bits per heavy atom. The van der Waals surface area contributed by atoms with E-state index in [4.69, 9.17) is 4.52 Å². The molecule has 0 bridgehead atoms. The van der Waals surface area contributed by atoms with Gasteiger partial charge in [-0.2, -0.15) is 4.98 Å². The highest BCUT2D eigenvalue weighted by molar-refractivity contribution is 6.07. The smallest absolute Gasteiger partial charge is 0.326 e. The number of carbonyl (C=O) groups is 2. The fourth-order valence-electron chi connectivity index (χ4n) is 5.36. The molecule has 33 heavy (non-hydrogen) atoms. The molecule has 1 N–H and O–H groups in total. The molecule has 176 valence electrons. The molecule has 5 rings (SSSR count). The number of nitrogens with one attached hydrogen (secondary N) is 1. The van der Waals surface area contributed by atoms with Crippen molar-refractivity contribution in [1.82, 2.24) is 30.2 Å². The van der Waals surface area contributed by atoms with E-state index in [0.29, 0.717) is 24.9 Å². The summed E-state index contributed by atoms with van der Waals surface area (Å²) in [5.74, 6) is 1.36. The van der Waals surface area contributed by atoms with Crippen LogP contribution in [-0.2, 0) is 11.3 Å². The Morgan fingerprint density at radius 1 is 1.12 bits per heavy atom. The van der Waals surface area contributed by atoms with Crippen molar-refractivity contribution in [2.45, 2.75) is 51.6 Å². The lowest BCUT2D eigenvalue weighted by Crippen LogP contribution is -2.55. The number of aryl methyl sites for hydroxylation is 1. The number of nitrogens with zero attached hydrogens (tertiary/aromatic N) is 5. The van der Waals surface area contributed by atoms with Gasteiger partial charge in [0.25, 0.3) is 5.91 Å². The number of imide groups is 1. The molecule has 3 fully saturated rings. The molecule has 2 aliphatic heterocycles. The summed E-state index contributed by atoms with van der Waals surface area (Å²) in [7, 11) is 0. The highest BCUT2D eigenvalue weighted by Crippen LogP contribution is 2.38. The van der Waals surface area contributed by atoms with Gasteiger partial charge in [-0.1, -0.05) is 49.2 Å². The normalized spacial score (nSPS) is 26.8. The predicted molar refractivity (Wildman–Crippen MR) is 122 cm³/mol. The molecule has 1 aromatic heterocycles. The molecule has 2 aromatic rings. The topological polar surface area (TPSA) is 94.8 Å². The van der Waals surface area contributed by atoms with E-state index in [9.17, 15) is 9.59 Å². The number of aromatic nitrogens is 2. The van der Waals surface area contributed by atoms with Crippen LogP contribution in [0.15, 0.2) is 28.8 Å². The van der Waals surface area contributed by atoms with Crippen LogP contribution >= 0.6 is 0 Å². The van der Waals surface area contributed by atoms with E-state index < -0.39 is 5.54 Å². The first-order valence-corrected chi connectivity index (χ1v) is 11.9. The zero-order valence-electron chi connectivity index (χ0n) is 19.4. The van der Waals surface area contributed by atoms with E-state index in [2.05, 4.69) is 32.2 Å². The monoisotopic (exact) mass is 452 g/mol. The second-order valence-electron chi connectivity index (χ2n) is 9.64. The van der Waals surface area contributed by atoms with Gasteiger partial charge in [0, 0.05) is 31.7 Å². The van der Waals surface area contributed by atoms with Crippen molar-refractivity contribution >= 4 is 11.9 Å². The Hall–Kier alpha value is -2.78. The Bertz CT molecular complexity index is 1030. The number of amides is 3. The Kier molecular flexibility index (Phi) is 5.92. The average molecular weight is 453 g/mol. The van der Waals surface area contributed by atoms with E-state index in [-0.39, 0.29) is 17.9 Å². The zero-order valence-corrected chi connectivity index (χ0v) is 19.4. The fourth-order valence-corrected chi connectivity index (χ4v) is 5.36. The first kappa shape index (κ1) is 22.0. The lowest BCUT2D eigenvalue weighted by molar-refractivity contribution is -0.136. The molecule has 9 heteroatoms. The molecule has 3 amide bonds. The van der Waals surface area contributed by atoms with Crippen molar-refractivity contribution in [3.8, 4) is 11.4 Å². The van der Waals surface area contributed by atoms with Gasteiger partial charge >= 0.3 is 6.03 Å². The number of carbonyl (C=O) groups excluding carboxylic acids is 2. The highest BCUT2D eigenvalue weighted by atomic mass is 16.5. The van der Waals surface area contributed by atoms with E-state index in [1.807, 2.05) is 31.2 Å². The fraction of sp³-hybridized carbons (Fsp3) is 0.583. The molecular weight excluding hydrogens is 420 g/mol. The molecule has 3 heterocycles. The van der Waals surface area contributed by atoms with Gasteiger partial charge in [0.15, 0.2) is 0 Å². The summed E-state index contributed by atoms with van der Waals surface area (Å²) in [6.07, 6.45) is 3.85. The third-order valence-electron chi connectivity index (χ3n) is 7.52. The number of rotatable bonds is 5. The van der Waals surface area contributed by atoms with Crippen molar-refractivity contribution in [3.63, 3.8) is 0 Å². The van der Waals surface area contributed by atoms with E-state index in [0.717, 1.165) is 63.0 Å². The molecule has 2 atom stereocenters. The number of piperazine rings is 1. The zero-order chi connectivity index (χ0) is 23.0. The molecule has 1 aliphatic carbocycles. The average Bonchev–Trinajstić information content (AvgIpc) is 3.36. The number of hydrogen-bond donors (Lipinski definition) is 1. The molecule has 0 unspecified atom stereocenters. The summed E-state index contributed by atoms with van der Waals surface area (Å²) in [5, 5.41) is 7.19. The number of hydrogen-bond acceptors (Lipinski definition) is 7. The van der Waals surface area contributed by atoms with Crippen LogP contribution < -0.4 is 5.32 Å². The molecule has 3 aliphatic rings. The summed E-state index contributed by atoms with van der Waals surface area (Å²) in [5.41, 5.74) is 1.41.